The van der Waals surface area contributed by atoms with Gasteiger partial charge in [0.2, 0.25) is 0 Å². The summed E-state index contributed by atoms with van der Waals surface area (Å²) >= 11 is 1.43. The van der Waals surface area contributed by atoms with E-state index in [4.69, 9.17) is 4.74 Å². The van der Waals surface area contributed by atoms with Crippen LogP contribution in [-0.4, -0.2) is 40.8 Å². The lowest BCUT2D eigenvalue weighted by molar-refractivity contribution is 0.0893. The third kappa shape index (κ3) is 2.80. The van der Waals surface area contributed by atoms with Crippen LogP contribution in [0.15, 0.2) is 11.1 Å². The van der Waals surface area contributed by atoms with Gasteiger partial charge in [0.1, 0.15) is 11.0 Å². The van der Waals surface area contributed by atoms with Crippen molar-refractivity contribution in [1.82, 2.24) is 14.5 Å². The summed E-state index contributed by atoms with van der Waals surface area (Å²) in [6.07, 6.45) is 1.57. The zero-order valence-electron chi connectivity index (χ0n) is 12.6. The fourth-order valence-electron chi connectivity index (χ4n) is 2.57. The van der Waals surface area contributed by atoms with Crippen molar-refractivity contribution in [3.8, 4) is 0 Å². The number of aromatic nitrogens is 3. The van der Waals surface area contributed by atoms with Gasteiger partial charge >= 0.3 is 0 Å². The molecule has 1 fully saturated rings. The summed E-state index contributed by atoms with van der Waals surface area (Å²) in [7, 11) is 0. The Morgan fingerprint density at radius 3 is 3.05 bits per heavy atom. The van der Waals surface area contributed by atoms with E-state index in [0.29, 0.717) is 11.3 Å². The quantitative estimate of drug-likeness (QED) is 0.845. The molecule has 0 amide bonds. The number of anilines is 1. The molecule has 0 unspecified atom stereocenters. The van der Waals surface area contributed by atoms with Gasteiger partial charge in [-0.25, -0.2) is 4.98 Å². The summed E-state index contributed by atoms with van der Waals surface area (Å²) in [6.45, 7) is 10.3. The van der Waals surface area contributed by atoms with Crippen LogP contribution in [0.2, 0.25) is 0 Å². The van der Waals surface area contributed by atoms with Crippen molar-refractivity contribution in [1.29, 1.82) is 0 Å². The van der Waals surface area contributed by atoms with Crippen LogP contribution >= 0.6 is 11.3 Å². The maximum absolute atomic E-state index is 11.9. The van der Waals surface area contributed by atoms with E-state index >= 15 is 0 Å². The van der Waals surface area contributed by atoms with Crippen LogP contribution < -0.4 is 10.5 Å². The van der Waals surface area contributed by atoms with Crippen molar-refractivity contribution in [2.75, 3.05) is 31.2 Å². The molecule has 7 heteroatoms. The minimum Gasteiger partial charge on any atom is -0.379 e. The lowest BCUT2D eigenvalue weighted by Gasteiger charge is -2.27. The van der Waals surface area contributed by atoms with Gasteiger partial charge in [-0.1, -0.05) is 25.2 Å². The van der Waals surface area contributed by atoms with E-state index in [1.54, 1.807) is 6.33 Å². The highest BCUT2D eigenvalue weighted by molar-refractivity contribution is 7.22. The van der Waals surface area contributed by atoms with Crippen LogP contribution in [0, 0.1) is 5.41 Å². The lowest BCUT2D eigenvalue weighted by Crippen LogP contribution is -2.34. The molecule has 6 nitrogen and oxygen atoms in total. The van der Waals surface area contributed by atoms with Crippen LogP contribution in [-0.2, 0) is 11.3 Å². The molecule has 0 N–H and O–H groups in total. The average molecular weight is 308 g/mol. The van der Waals surface area contributed by atoms with E-state index < -0.39 is 0 Å². The van der Waals surface area contributed by atoms with Gasteiger partial charge in [-0.05, 0) is 6.92 Å². The van der Waals surface area contributed by atoms with Crippen molar-refractivity contribution >= 4 is 26.8 Å². The Bertz CT molecular complexity index is 707. The van der Waals surface area contributed by atoms with Crippen molar-refractivity contribution in [3.05, 3.63) is 16.7 Å². The predicted molar refractivity (Wildman–Crippen MR) is 84.2 cm³/mol. The molecule has 3 rings (SSSR count). The first-order valence-electron chi connectivity index (χ1n) is 7.19. The molecule has 21 heavy (non-hydrogen) atoms. The predicted octanol–water partition coefficient (Wildman–Crippen LogP) is 1.74. The molecule has 0 aliphatic carbocycles. The highest BCUT2D eigenvalue weighted by atomic mass is 32.1. The maximum Gasteiger partial charge on any atom is 0.292 e. The zero-order valence-corrected chi connectivity index (χ0v) is 13.4. The first-order chi connectivity index (χ1) is 10.00. The van der Waals surface area contributed by atoms with Gasteiger partial charge in [-0.3, -0.25) is 4.79 Å². The molecule has 0 spiro atoms. The standard InChI is InChI=1S/C14H20N4O2S/c1-4-17-9-15-12(19)10-11(17)16-13(21-10)18-5-6-20-8-14(2,3)7-18/h9H,4-8H2,1-3H3. The molecule has 1 aliphatic heterocycles. The summed E-state index contributed by atoms with van der Waals surface area (Å²) in [6, 6.07) is 0. The average Bonchev–Trinajstić information content (AvgIpc) is 2.80. The van der Waals surface area contributed by atoms with E-state index in [2.05, 4.69) is 28.7 Å². The van der Waals surface area contributed by atoms with E-state index in [1.165, 1.54) is 11.3 Å². The minimum absolute atomic E-state index is 0.0770. The first kappa shape index (κ1) is 14.5. The van der Waals surface area contributed by atoms with Gasteiger partial charge in [0.25, 0.3) is 5.56 Å². The zero-order chi connectivity index (χ0) is 15.0. The van der Waals surface area contributed by atoms with Crippen LogP contribution in [0.5, 0.6) is 0 Å². The van der Waals surface area contributed by atoms with Gasteiger partial charge < -0.3 is 14.2 Å². The van der Waals surface area contributed by atoms with Crippen LogP contribution in [0.4, 0.5) is 5.13 Å². The molecule has 2 aromatic heterocycles. The monoisotopic (exact) mass is 308 g/mol. The van der Waals surface area contributed by atoms with E-state index in [-0.39, 0.29) is 11.0 Å². The van der Waals surface area contributed by atoms with Crippen molar-refractivity contribution in [3.63, 3.8) is 0 Å². The number of hydrogen-bond acceptors (Lipinski definition) is 6. The molecule has 2 aromatic rings. The molecule has 0 radical (unpaired) electrons. The van der Waals surface area contributed by atoms with Gasteiger partial charge in [0.15, 0.2) is 10.8 Å². The van der Waals surface area contributed by atoms with Gasteiger partial charge in [0, 0.05) is 25.0 Å². The second-order valence-corrected chi connectivity index (χ2v) is 7.10. The summed E-state index contributed by atoms with van der Waals surface area (Å²) < 4.78 is 8.21. The van der Waals surface area contributed by atoms with Crippen molar-refractivity contribution < 1.29 is 4.74 Å². The molecule has 0 saturated carbocycles. The van der Waals surface area contributed by atoms with Crippen LogP contribution in [0.25, 0.3) is 10.3 Å². The number of aryl methyl sites for hydroxylation is 1. The SMILES string of the molecule is CCn1cnc(=O)c2sc(N3CCOCC(C)(C)C3)nc21. The van der Waals surface area contributed by atoms with Crippen LogP contribution in [0.1, 0.15) is 20.8 Å². The highest BCUT2D eigenvalue weighted by Crippen LogP contribution is 2.30. The molecule has 1 aliphatic rings. The number of ether oxygens (including phenoxy) is 1. The summed E-state index contributed by atoms with van der Waals surface area (Å²) in [4.78, 5) is 22.8. The first-order valence-corrected chi connectivity index (χ1v) is 8.00. The molecule has 1 saturated heterocycles. The number of thiazole rings is 1. The molecule has 0 atom stereocenters. The highest BCUT2D eigenvalue weighted by Gasteiger charge is 2.27. The third-order valence-electron chi connectivity index (χ3n) is 3.61. The van der Waals surface area contributed by atoms with Crippen LogP contribution in [0.3, 0.4) is 0 Å². The molecular formula is C14H20N4O2S. The van der Waals surface area contributed by atoms with E-state index in [9.17, 15) is 4.79 Å². The second-order valence-electron chi connectivity index (χ2n) is 6.12. The Morgan fingerprint density at radius 2 is 2.29 bits per heavy atom. The fourth-order valence-corrected chi connectivity index (χ4v) is 3.56. The number of fused-ring (bicyclic) bond motifs is 1. The smallest absolute Gasteiger partial charge is 0.292 e. The summed E-state index contributed by atoms with van der Waals surface area (Å²) in [5, 5.41) is 0.885. The molecular weight excluding hydrogens is 288 g/mol. The third-order valence-corrected chi connectivity index (χ3v) is 4.70. The maximum atomic E-state index is 11.9. The van der Waals surface area contributed by atoms with Gasteiger partial charge in [0.05, 0.1) is 13.2 Å². The number of rotatable bonds is 2. The molecule has 114 valence electrons. The molecule has 0 bridgehead atoms. The topological polar surface area (TPSA) is 60.2 Å². The Kier molecular flexibility index (Phi) is 3.71. The number of hydrogen-bond donors (Lipinski definition) is 0. The Hall–Kier alpha value is -1.47. The Labute approximate surface area is 127 Å². The second kappa shape index (κ2) is 5.38. The van der Waals surface area contributed by atoms with Gasteiger partial charge in [-0.15, -0.1) is 0 Å². The van der Waals surface area contributed by atoms with Crippen molar-refractivity contribution in [2.45, 2.75) is 27.3 Å². The summed E-state index contributed by atoms with van der Waals surface area (Å²) in [5.74, 6) is 0. The van der Waals surface area contributed by atoms with Crippen molar-refractivity contribution in [2.24, 2.45) is 5.41 Å². The Balaban J connectivity index is 2.04. The lowest BCUT2D eigenvalue weighted by atomic mass is 9.94. The minimum atomic E-state index is -0.191. The largest absolute Gasteiger partial charge is 0.379 e. The normalized spacial score (nSPS) is 18.9. The number of nitrogens with zero attached hydrogens (tertiary/aromatic N) is 4. The summed E-state index contributed by atoms with van der Waals surface area (Å²) in [5.41, 5.74) is 0.623. The Morgan fingerprint density at radius 1 is 1.48 bits per heavy atom. The van der Waals surface area contributed by atoms with E-state index in [1.807, 2.05) is 11.5 Å². The molecule has 0 aromatic carbocycles. The van der Waals surface area contributed by atoms with Gasteiger partial charge in [-0.2, -0.15) is 4.98 Å². The fraction of sp³-hybridized carbons (Fsp3) is 0.643. The van der Waals surface area contributed by atoms with E-state index in [0.717, 1.165) is 37.0 Å². The molecule has 3 heterocycles.